The van der Waals surface area contributed by atoms with E-state index in [1.807, 2.05) is 6.08 Å². The van der Waals surface area contributed by atoms with Crippen molar-refractivity contribution >= 4 is 5.97 Å². The second-order valence-electron chi connectivity index (χ2n) is 5.18. The van der Waals surface area contributed by atoms with Gasteiger partial charge < -0.3 is 9.84 Å². The fourth-order valence-corrected chi connectivity index (χ4v) is 3.32. The first-order valence-corrected chi connectivity index (χ1v) is 6.26. The number of aliphatic hydroxyl groups is 1. The van der Waals surface area contributed by atoms with Crippen LogP contribution in [0, 0.1) is 11.3 Å². The molecule has 0 aromatic heterocycles. The van der Waals surface area contributed by atoms with Crippen LogP contribution in [0.5, 0.6) is 0 Å². The Hall–Kier alpha value is -1.25. The summed E-state index contributed by atoms with van der Waals surface area (Å²) in [4.78, 5) is 11.6. The van der Waals surface area contributed by atoms with Crippen LogP contribution < -0.4 is 0 Å². The average Bonchev–Trinajstić information content (AvgIpc) is 2.36. The number of hydrogen-bond donors (Lipinski definition) is 1. The average molecular weight is 236 g/mol. The summed E-state index contributed by atoms with van der Waals surface area (Å²) in [5.74, 6) is 0.249. The Morgan fingerprint density at radius 3 is 3.00 bits per heavy atom. The molecule has 3 nitrogen and oxygen atoms in total. The van der Waals surface area contributed by atoms with Crippen molar-refractivity contribution in [3.63, 3.8) is 0 Å². The van der Waals surface area contributed by atoms with Gasteiger partial charge >= 0.3 is 5.97 Å². The van der Waals surface area contributed by atoms with Crippen LogP contribution in [0.1, 0.15) is 38.5 Å². The second kappa shape index (κ2) is 4.55. The van der Waals surface area contributed by atoms with Crippen LogP contribution in [0.15, 0.2) is 24.0 Å². The van der Waals surface area contributed by atoms with Crippen molar-refractivity contribution in [2.75, 3.05) is 7.11 Å². The lowest BCUT2D eigenvalue weighted by Crippen LogP contribution is -2.37. The molecule has 3 heteroatoms. The topological polar surface area (TPSA) is 46.5 Å². The third-order valence-corrected chi connectivity index (χ3v) is 4.39. The number of carbonyl (C=O) groups excluding carboxylic acids is 1. The first kappa shape index (κ1) is 12.2. The molecule has 2 aliphatic rings. The maximum Gasteiger partial charge on any atom is 0.337 e. The molecule has 0 aromatic rings. The normalized spacial score (nSPS) is 32.9. The summed E-state index contributed by atoms with van der Waals surface area (Å²) in [6.45, 7) is 3.93. The predicted octanol–water partition coefficient (Wildman–Crippen LogP) is 3.13. The Morgan fingerprint density at radius 2 is 2.35 bits per heavy atom. The molecular weight excluding hydrogens is 216 g/mol. The molecule has 0 heterocycles. The van der Waals surface area contributed by atoms with Gasteiger partial charge in [-0.15, -0.1) is 6.58 Å². The summed E-state index contributed by atoms with van der Waals surface area (Å²) >= 11 is 0. The number of aliphatic hydroxyl groups excluding tert-OH is 1. The van der Waals surface area contributed by atoms with E-state index in [-0.39, 0.29) is 17.1 Å². The molecule has 0 radical (unpaired) electrons. The van der Waals surface area contributed by atoms with Crippen LogP contribution in [-0.2, 0) is 9.53 Å². The zero-order chi connectivity index (χ0) is 12.5. The molecule has 94 valence electrons. The lowest BCUT2D eigenvalue weighted by Gasteiger charge is -2.45. The van der Waals surface area contributed by atoms with Gasteiger partial charge in [0.1, 0.15) is 5.76 Å². The standard InChI is InChI=1S/C14H20O3/c1-3-14-7-5-4-6-10(14)8-11(12(15)9-14)13(16)17-2/h3,10,15H,1,4-9H2,2H3/t10-,14-/m1/s1. The molecule has 0 amide bonds. The summed E-state index contributed by atoms with van der Waals surface area (Å²) in [5, 5.41) is 10.0. The van der Waals surface area contributed by atoms with Crippen LogP contribution in [0.2, 0.25) is 0 Å². The largest absolute Gasteiger partial charge is 0.512 e. The van der Waals surface area contributed by atoms with Crippen molar-refractivity contribution in [2.24, 2.45) is 11.3 Å². The Labute approximate surface area is 102 Å². The first-order valence-electron chi connectivity index (χ1n) is 6.26. The van der Waals surface area contributed by atoms with Gasteiger partial charge in [0.15, 0.2) is 0 Å². The number of allylic oxidation sites excluding steroid dienone is 2. The van der Waals surface area contributed by atoms with Gasteiger partial charge in [-0.3, -0.25) is 0 Å². The minimum atomic E-state index is -0.384. The van der Waals surface area contributed by atoms with Gasteiger partial charge in [0, 0.05) is 6.42 Å². The van der Waals surface area contributed by atoms with Crippen LogP contribution in [0.3, 0.4) is 0 Å². The van der Waals surface area contributed by atoms with E-state index in [9.17, 15) is 9.90 Å². The van der Waals surface area contributed by atoms with Crippen molar-refractivity contribution in [3.8, 4) is 0 Å². The maximum absolute atomic E-state index is 11.6. The number of rotatable bonds is 2. The van der Waals surface area contributed by atoms with E-state index in [0.29, 0.717) is 24.3 Å². The van der Waals surface area contributed by atoms with Gasteiger partial charge in [-0.1, -0.05) is 18.9 Å². The van der Waals surface area contributed by atoms with Gasteiger partial charge in [-0.25, -0.2) is 4.79 Å². The number of hydrogen-bond acceptors (Lipinski definition) is 3. The quantitative estimate of drug-likeness (QED) is 0.592. The first-order chi connectivity index (χ1) is 8.13. The molecule has 17 heavy (non-hydrogen) atoms. The lowest BCUT2D eigenvalue weighted by molar-refractivity contribution is -0.137. The highest BCUT2D eigenvalue weighted by Gasteiger charge is 2.44. The number of fused-ring (bicyclic) bond motifs is 1. The van der Waals surface area contributed by atoms with Crippen LogP contribution >= 0.6 is 0 Å². The smallest absolute Gasteiger partial charge is 0.337 e. The number of esters is 1. The number of methoxy groups -OCH3 is 1. The van der Waals surface area contributed by atoms with E-state index in [1.54, 1.807) is 0 Å². The van der Waals surface area contributed by atoms with Crippen LogP contribution in [-0.4, -0.2) is 18.2 Å². The maximum atomic E-state index is 11.6. The van der Waals surface area contributed by atoms with E-state index in [1.165, 1.54) is 20.0 Å². The highest BCUT2D eigenvalue weighted by Crippen LogP contribution is 2.52. The molecule has 0 saturated heterocycles. The molecule has 0 spiro atoms. The molecule has 2 rings (SSSR count). The third kappa shape index (κ3) is 1.99. The molecule has 1 fully saturated rings. The fourth-order valence-electron chi connectivity index (χ4n) is 3.32. The Bertz CT molecular complexity index is 370. The van der Waals surface area contributed by atoms with E-state index in [0.717, 1.165) is 12.8 Å². The number of carbonyl (C=O) groups is 1. The molecule has 0 unspecified atom stereocenters. The monoisotopic (exact) mass is 236 g/mol. The Morgan fingerprint density at radius 1 is 1.59 bits per heavy atom. The van der Waals surface area contributed by atoms with E-state index >= 15 is 0 Å². The summed E-state index contributed by atoms with van der Waals surface area (Å²) in [7, 11) is 1.36. The molecule has 0 aromatic carbocycles. The summed E-state index contributed by atoms with van der Waals surface area (Å²) in [6.07, 6.45) is 7.73. The van der Waals surface area contributed by atoms with E-state index < -0.39 is 0 Å². The highest BCUT2D eigenvalue weighted by molar-refractivity contribution is 5.89. The van der Waals surface area contributed by atoms with Crippen molar-refractivity contribution in [1.82, 2.24) is 0 Å². The lowest BCUT2D eigenvalue weighted by atomic mass is 9.59. The minimum absolute atomic E-state index is 0.000144. The van der Waals surface area contributed by atoms with Crippen molar-refractivity contribution in [2.45, 2.75) is 38.5 Å². The highest BCUT2D eigenvalue weighted by atomic mass is 16.5. The molecule has 0 bridgehead atoms. The van der Waals surface area contributed by atoms with Gasteiger partial charge in [-0.05, 0) is 30.6 Å². The fraction of sp³-hybridized carbons (Fsp3) is 0.643. The molecule has 0 aliphatic heterocycles. The zero-order valence-corrected chi connectivity index (χ0v) is 10.4. The van der Waals surface area contributed by atoms with Gasteiger partial charge in [0.25, 0.3) is 0 Å². The third-order valence-electron chi connectivity index (χ3n) is 4.39. The van der Waals surface area contributed by atoms with Crippen molar-refractivity contribution in [1.29, 1.82) is 0 Å². The predicted molar refractivity (Wildman–Crippen MR) is 65.5 cm³/mol. The minimum Gasteiger partial charge on any atom is -0.512 e. The molecule has 2 aliphatic carbocycles. The van der Waals surface area contributed by atoms with Crippen LogP contribution in [0.4, 0.5) is 0 Å². The molecule has 2 atom stereocenters. The summed E-state index contributed by atoms with van der Waals surface area (Å²) in [6, 6.07) is 0. The van der Waals surface area contributed by atoms with Crippen molar-refractivity contribution in [3.05, 3.63) is 24.0 Å². The van der Waals surface area contributed by atoms with E-state index in [2.05, 4.69) is 6.58 Å². The van der Waals surface area contributed by atoms with Crippen molar-refractivity contribution < 1.29 is 14.6 Å². The SMILES string of the molecule is C=C[C@]12CCCC[C@@H]1CC(C(=O)OC)=C(O)C2. The molecule has 1 saturated carbocycles. The van der Waals surface area contributed by atoms with Gasteiger partial charge in [0.2, 0.25) is 0 Å². The zero-order valence-electron chi connectivity index (χ0n) is 10.4. The Kier molecular flexibility index (Phi) is 3.27. The molecular formula is C14H20O3. The van der Waals surface area contributed by atoms with Gasteiger partial charge in [0.05, 0.1) is 12.7 Å². The number of ether oxygens (including phenoxy) is 1. The second-order valence-corrected chi connectivity index (χ2v) is 5.18. The Balaban J connectivity index is 2.31. The van der Waals surface area contributed by atoms with Gasteiger partial charge in [-0.2, -0.15) is 0 Å². The summed E-state index contributed by atoms with van der Waals surface area (Å²) in [5.41, 5.74) is 0.469. The summed E-state index contributed by atoms with van der Waals surface area (Å²) < 4.78 is 4.72. The van der Waals surface area contributed by atoms with Crippen LogP contribution in [0.25, 0.3) is 0 Å². The van der Waals surface area contributed by atoms with E-state index in [4.69, 9.17) is 4.74 Å². The molecule has 1 N–H and O–H groups in total.